The molecule has 0 saturated carbocycles. The normalized spacial score (nSPS) is 12.1. The number of aromatic nitrogens is 1. The van der Waals surface area contributed by atoms with Gasteiger partial charge in [-0.3, -0.25) is 4.98 Å². The van der Waals surface area contributed by atoms with E-state index in [0.29, 0.717) is 10.9 Å². The fourth-order valence-electron chi connectivity index (χ4n) is 1.56. The summed E-state index contributed by atoms with van der Waals surface area (Å²) in [4.78, 5) is 4.41. The minimum atomic E-state index is 0.216. The summed E-state index contributed by atoms with van der Waals surface area (Å²) in [6.07, 6.45) is 6.44. The van der Waals surface area contributed by atoms with E-state index in [1.54, 1.807) is 0 Å². The van der Waals surface area contributed by atoms with E-state index in [4.69, 9.17) is 0 Å². The van der Waals surface area contributed by atoms with Gasteiger partial charge in [0.05, 0.1) is 23.6 Å². The van der Waals surface area contributed by atoms with Gasteiger partial charge in [-0.05, 0) is 36.9 Å². The van der Waals surface area contributed by atoms with Gasteiger partial charge < -0.3 is 0 Å². The van der Waals surface area contributed by atoms with Gasteiger partial charge in [0.25, 0.3) is 0 Å². The molecule has 0 aromatic carbocycles. The van der Waals surface area contributed by atoms with E-state index in [2.05, 4.69) is 43.5 Å². The van der Waals surface area contributed by atoms with Crippen molar-refractivity contribution in [3.63, 3.8) is 0 Å². The van der Waals surface area contributed by atoms with Crippen molar-refractivity contribution < 1.29 is 0 Å². The van der Waals surface area contributed by atoms with Crippen LogP contribution in [0.4, 0.5) is 0 Å². The average molecular weight is 196 g/mol. The van der Waals surface area contributed by atoms with Crippen molar-refractivity contribution in [2.45, 2.75) is 19.3 Å². The van der Waals surface area contributed by atoms with E-state index in [9.17, 15) is 0 Å². The molecular weight excluding hydrogens is 178 g/mol. The zero-order valence-corrected chi connectivity index (χ0v) is 9.69. The van der Waals surface area contributed by atoms with Crippen molar-refractivity contribution in [2.24, 2.45) is 0 Å². The molecule has 1 aromatic heterocycles. The SMILES string of the molecule is C[S+](C)CC(C)(C)c1ccccn1. The molecule has 0 N–H and O–H groups in total. The Kier molecular flexibility index (Phi) is 3.37. The Hall–Kier alpha value is -0.500. The van der Waals surface area contributed by atoms with Gasteiger partial charge in [0.1, 0.15) is 5.75 Å². The third-order valence-corrected chi connectivity index (χ3v) is 3.31. The third-order valence-electron chi connectivity index (χ3n) is 2.01. The first kappa shape index (κ1) is 10.6. The zero-order chi connectivity index (χ0) is 9.90. The van der Waals surface area contributed by atoms with Crippen molar-refractivity contribution in [1.82, 2.24) is 4.98 Å². The lowest BCUT2D eigenvalue weighted by molar-refractivity contribution is 0.578. The van der Waals surface area contributed by atoms with Crippen LogP contribution in [0.3, 0.4) is 0 Å². The van der Waals surface area contributed by atoms with Crippen LogP contribution in [0.2, 0.25) is 0 Å². The Labute approximate surface area is 83.9 Å². The Balaban J connectivity index is 2.81. The van der Waals surface area contributed by atoms with Crippen molar-refractivity contribution in [3.05, 3.63) is 30.1 Å². The molecule has 0 unspecified atom stereocenters. The van der Waals surface area contributed by atoms with E-state index >= 15 is 0 Å². The standard InChI is InChI=1S/C11H18NS/c1-11(2,9-13(3)4)10-7-5-6-8-12-10/h5-8H,9H2,1-4H3/q+1. The highest BCUT2D eigenvalue weighted by Crippen LogP contribution is 2.22. The second-order valence-corrected chi connectivity index (χ2v) is 6.49. The van der Waals surface area contributed by atoms with Crippen LogP contribution >= 0.6 is 0 Å². The Morgan fingerprint density at radius 1 is 1.31 bits per heavy atom. The first-order chi connectivity index (χ1) is 6.02. The van der Waals surface area contributed by atoms with Crippen molar-refractivity contribution >= 4 is 10.9 Å². The molecule has 0 bridgehead atoms. The Morgan fingerprint density at radius 2 is 2.00 bits per heavy atom. The molecule has 0 aliphatic heterocycles. The monoisotopic (exact) mass is 196 g/mol. The molecule has 1 nitrogen and oxygen atoms in total. The van der Waals surface area contributed by atoms with E-state index in [1.165, 1.54) is 11.4 Å². The average Bonchev–Trinajstić information content (AvgIpc) is 2.04. The highest BCUT2D eigenvalue weighted by atomic mass is 32.2. The molecule has 0 saturated heterocycles. The van der Waals surface area contributed by atoms with Crippen LogP contribution in [0, 0.1) is 0 Å². The van der Waals surface area contributed by atoms with Crippen molar-refractivity contribution in [1.29, 1.82) is 0 Å². The Bertz CT molecular complexity index is 254. The molecule has 13 heavy (non-hydrogen) atoms. The predicted molar refractivity (Wildman–Crippen MR) is 61.3 cm³/mol. The number of pyridine rings is 1. The van der Waals surface area contributed by atoms with E-state index < -0.39 is 0 Å². The van der Waals surface area contributed by atoms with Gasteiger partial charge in [-0.15, -0.1) is 0 Å². The first-order valence-corrected chi connectivity index (χ1v) is 6.69. The zero-order valence-electron chi connectivity index (χ0n) is 8.87. The summed E-state index contributed by atoms with van der Waals surface area (Å²) in [6, 6.07) is 6.15. The van der Waals surface area contributed by atoms with Crippen LogP contribution in [0.5, 0.6) is 0 Å². The molecule has 1 heterocycles. The van der Waals surface area contributed by atoms with Crippen LogP contribution in [0.1, 0.15) is 19.5 Å². The van der Waals surface area contributed by atoms with Crippen LogP contribution in [-0.4, -0.2) is 23.2 Å². The quantitative estimate of drug-likeness (QED) is 0.676. The molecule has 0 radical (unpaired) electrons. The Morgan fingerprint density at radius 3 is 2.46 bits per heavy atom. The summed E-state index contributed by atoms with van der Waals surface area (Å²) in [6.45, 7) is 4.53. The number of hydrogen-bond acceptors (Lipinski definition) is 1. The van der Waals surface area contributed by atoms with Crippen LogP contribution in [0.15, 0.2) is 24.4 Å². The van der Waals surface area contributed by atoms with Gasteiger partial charge in [-0.2, -0.15) is 0 Å². The topological polar surface area (TPSA) is 12.9 Å². The molecule has 0 atom stereocenters. The molecule has 0 amide bonds. The van der Waals surface area contributed by atoms with E-state index in [0.717, 1.165) is 0 Å². The third kappa shape index (κ3) is 3.03. The van der Waals surface area contributed by atoms with Gasteiger partial charge in [0, 0.05) is 6.20 Å². The molecule has 1 rings (SSSR count). The highest BCUT2D eigenvalue weighted by Gasteiger charge is 2.27. The lowest BCUT2D eigenvalue weighted by Gasteiger charge is -2.21. The lowest BCUT2D eigenvalue weighted by Crippen LogP contribution is -2.28. The number of nitrogens with zero attached hydrogens (tertiary/aromatic N) is 1. The van der Waals surface area contributed by atoms with E-state index in [-0.39, 0.29) is 5.41 Å². The highest BCUT2D eigenvalue weighted by molar-refractivity contribution is 7.95. The fourth-order valence-corrected chi connectivity index (χ4v) is 3.15. The molecule has 0 aliphatic rings. The minimum absolute atomic E-state index is 0.216. The second-order valence-electron chi connectivity index (χ2n) is 4.23. The summed E-state index contributed by atoms with van der Waals surface area (Å²) in [7, 11) is 0.474. The summed E-state index contributed by atoms with van der Waals surface area (Å²) < 4.78 is 0. The van der Waals surface area contributed by atoms with Crippen LogP contribution in [0.25, 0.3) is 0 Å². The lowest BCUT2D eigenvalue weighted by atomic mass is 9.91. The summed E-state index contributed by atoms with van der Waals surface area (Å²) in [5.74, 6) is 1.21. The predicted octanol–water partition coefficient (Wildman–Crippen LogP) is 2.24. The van der Waals surface area contributed by atoms with Gasteiger partial charge >= 0.3 is 0 Å². The minimum Gasteiger partial charge on any atom is -0.261 e. The maximum Gasteiger partial charge on any atom is 0.118 e. The molecular formula is C11H18NS+. The maximum atomic E-state index is 4.41. The van der Waals surface area contributed by atoms with Crippen LogP contribution in [-0.2, 0) is 16.3 Å². The molecule has 0 spiro atoms. The molecule has 0 fully saturated rings. The van der Waals surface area contributed by atoms with Crippen molar-refractivity contribution in [2.75, 3.05) is 18.3 Å². The summed E-state index contributed by atoms with van der Waals surface area (Å²) in [5.41, 5.74) is 1.42. The van der Waals surface area contributed by atoms with Gasteiger partial charge in [-0.25, -0.2) is 0 Å². The van der Waals surface area contributed by atoms with E-state index in [1.807, 2.05) is 12.3 Å². The van der Waals surface area contributed by atoms with Gasteiger partial charge in [0.15, 0.2) is 0 Å². The summed E-state index contributed by atoms with van der Waals surface area (Å²) >= 11 is 0. The maximum absolute atomic E-state index is 4.41. The molecule has 0 aliphatic carbocycles. The largest absolute Gasteiger partial charge is 0.261 e. The summed E-state index contributed by atoms with van der Waals surface area (Å²) in [5, 5.41) is 0. The van der Waals surface area contributed by atoms with Gasteiger partial charge in [0.2, 0.25) is 0 Å². The second kappa shape index (κ2) is 4.14. The van der Waals surface area contributed by atoms with Gasteiger partial charge in [-0.1, -0.05) is 6.07 Å². The number of rotatable bonds is 3. The molecule has 1 aromatic rings. The molecule has 72 valence electrons. The fraction of sp³-hybridized carbons (Fsp3) is 0.545. The molecule has 2 heteroatoms. The van der Waals surface area contributed by atoms with Crippen molar-refractivity contribution in [3.8, 4) is 0 Å². The van der Waals surface area contributed by atoms with Crippen LogP contribution < -0.4 is 0 Å². The first-order valence-electron chi connectivity index (χ1n) is 4.48. The smallest absolute Gasteiger partial charge is 0.118 e. The number of hydrogen-bond donors (Lipinski definition) is 0.